The van der Waals surface area contributed by atoms with Crippen LogP contribution in [0.5, 0.6) is 0 Å². The highest BCUT2D eigenvalue weighted by molar-refractivity contribution is 5.79. The molecule has 100 valence electrons. The highest BCUT2D eigenvalue weighted by Gasteiger charge is 2.19. The van der Waals surface area contributed by atoms with Crippen molar-refractivity contribution >= 4 is 17.1 Å². The summed E-state index contributed by atoms with van der Waals surface area (Å²) in [5.74, 6) is 0. The standard InChI is InChI=1S/C11H17N3O4/c1-12-11-9(13(5-7-15)6-8-16)3-2-4-10(11)14(17)18/h2-4,12,15-16H,5-8H2,1H3. The third-order valence-corrected chi connectivity index (χ3v) is 2.55. The van der Waals surface area contributed by atoms with Crippen LogP contribution in [-0.2, 0) is 0 Å². The molecule has 3 N–H and O–H groups in total. The van der Waals surface area contributed by atoms with Gasteiger partial charge in [-0.15, -0.1) is 0 Å². The zero-order chi connectivity index (χ0) is 13.5. The van der Waals surface area contributed by atoms with Crippen molar-refractivity contribution in [1.82, 2.24) is 0 Å². The van der Waals surface area contributed by atoms with E-state index in [1.807, 2.05) is 0 Å². The summed E-state index contributed by atoms with van der Waals surface area (Å²) in [6.07, 6.45) is 0. The summed E-state index contributed by atoms with van der Waals surface area (Å²) in [4.78, 5) is 12.1. The average Bonchev–Trinajstić information content (AvgIpc) is 2.37. The molecule has 7 nitrogen and oxygen atoms in total. The first-order chi connectivity index (χ1) is 8.65. The minimum atomic E-state index is -0.467. The van der Waals surface area contributed by atoms with Crippen LogP contribution in [0.1, 0.15) is 0 Å². The van der Waals surface area contributed by atoms with E-state index in [9.17, 15) is 10.1 Å². The lowest BCUT2D eigenvalue weighted by Gasteiger charge is -2.25. The number of aliphatic hydroxyl groups is 2. The third-order valence-electron chi connectivity index (χ3n) is 2.55. The lowest BCUT2D eigenvalue weighted by atomic mass is 10.2. The number of para-hydroxylation sites is 1. The number of nitro benzene ring substituents is 1. The van der Waals surface area contributed by atoms with Gasteiger partial charge >= 0.3 is 0 Å². The van der Waals surface area contributed by atoms with E-state index in [0.29, 0.717) is 24.5 Å². The smallest absolute Gasteiger partial charge is 0.294 e. The predicted molar refractivity (Wildman–Crippen MR) is 69.0 cm³/mol. The Labute approximate surface area is 105 Å². The van der Waals surface area contributed by atoms with E-state index in [1.54, 1.807) is 24.1 Å². The molecule has 0 saturated heterocycles. The van der Waals surface area contributed by atoms with Gasteiger partial charge in [0.05, 0.1) is 23.8 Å². The first-order valence-electron chi connectivity index (χ1n) is 5.57. The van der Waals surface area contributed by atoms with Gasteiger partial charge in [0.2, 0.25) is 0 Å². The van der Waals surface area contributed by atoms with E-state index < -0.39 is 4.92 Å². The summed E-state index contributed by atoms with van der Waals surface area (Å²) < 4.78 is 0. The molecule has 0 amide bonds. The Bertz CT molecular complexity index is 405. The Hall–Kier alpha value is -1.86. The van der Waals surface area contributed by atoms with Crippen molar-refractivity contribution in [1.29, 1.82) is 0 Å². The quantitative estimate of drug-likeness (QED) is 0.482. The van der Waals surface area contributed by atoms with Crippen molar-refractivity contribution in [2.75, 3.05) is 43.6 Å². The maximum absolute atomic E-state index is 10.9. The van der Waals surface area contributed by atoms with Crippen molar-refractivity contribution in [3.63, 3.8) is 0 Å². The molecular formula is C11H17N3O4. The lowest BCUT2D eigenvalue weighted by Crippen LogP contribution is -2.30. The van der Waals surface area contributed by atoms with E-state index in [0.717, 1.165) is 0 Å². The van der Waals surface area contributed by atoms with Gasteiger partial charge in [0.1, 0.15) is 5.69 Å². The second-order valence-electron chi connectivity index (χ2n) is 3.61. The molecule has 0 atom stereocenters. The van der Waals surface area contributed by atoms with Crippen LogP contribution in [0.15, 0.2) is 18.2 Å². The van der Waals surface area contributed by atoms with Crippen molar-refractivity contribution in [2.24, 2.45) is 0 Å². The number of anilines is 2. The summed E-state index contributed by atoms with van der Waals surface area (Å²) >= 11 is 0. The van der Waals surface area contributed by atoms with Gasteiger partial charge < -0.3 is 20.4 Å². The number of nitro groups is 1. The normalized spacial score (nSPS) is 10.2. The lowest BCUT2D eigenvalue weighted by molar-refractivity contribution is -0.383. The number of hydrogen-bond acceptors (Lipinski definition) is 6. The van der Waals surface area contributed by atoms with Crippen LogP contribution in [0.25, 0.3) is 0 Å². The van der Waals surface area contributed by atoms with Crippen molar-refractivity contribution in [2.45, 2.75) is 0 Å². The molecule has 0 saturated carbocycles. The van der Waals surface area contributed by atoms with Crippen LogP contribution >= 0.6 is 0 Å². The first kappa shape index (κ1) is 14.2. The van der Waals surface area contributed by atoms with Crippen molar-refractivity contribution in [3.05, 3.63) is 28.3 Å². The van der Waals surface area contributed by atoms with Crippen LogP contribution < -0.4 is 10.2 Å². The molecular weight excluding hydrogens is 238 g/mol. The van der Waals surface area contributed by atoms with Gasteiger partial charge in [0, 0.05) is 26.2 Å². The van der Waals surface area contributed by atoms with Gasteiger partial charge in [-0.25, -0.2) is 0 Å². The van der Waals surface area contributed by atoms with E-state index in [2.05, 4.69) is 5.32 Å². The molecule has 0 fully saturated rings. The Kier molecular flexibility index (Phi) is 5.34. The summed E-state index contributed by atoms with van der Waals surface area (Å²) in [5.41, 5.74) is 0.940. The number of rotatable bonds is 7. The average molecular weight is 255 g/mol. The summed E-state index contributed by atoms with van der Waals surface area (Å²) in [6.45, 7) is 0.421. The molecule has 7 heteroatoms. The molecule has 0 unspecified atom stereocenters. The Balaban J connectivity index is 3.20. The van der Waals surface area contributed by atoms with Crippen molar-refractivity contribution in [3.8, 4) is 0 Å². The monoisotopic (exact) mass is 255 g/mol. The minimum absolute atomic E-state index is 0.0316. The molecule has 0 aliphatic carbocycles. The second kappa shape index (κ2) is 6.77. The maximum Gasteiger partial charge on any atom is 0.294 e. The van der Waals surface area contributed by atoms with E-state index in [-0.39, 0.29) is 18.9 Å². The first-order valence-corrected chi connectivity index (χ1v) is 5.57. The van der Waals surface area contributed by atoms with Gasteiger partial charge in [0.25, 0.3) is 5.69 Å². The van der Waals surface area contributed by atoms with Crippen molar-refractivity contribution < 1.29 is 15.1 Å². The fourth-order valence-corrected chi connectivity index (χ4v) is 1.79. The van der Waals surface area contributed by atoms with Gasteiger partial charge in [-0.05, 0) is 6.07 Å². The summed E-state index contributed by atoms with van der Waals surface area (Å²) in [7, 11) is 1.60. The predicted octanol–water partition coefficient (Wildman–Crippen LogP) is 0.427. The molecule has 0 heterocycles. The Morgan fingerprint density at radius 1 is 1.33 bits per heavy atom. The summed E-state index contributed by atoms with van der Waals surface area (Å²) in [5, 5.41) is 31.7. The number of hydrogen-bond donors (Lipinski definition) is 3. The zero-order valence-corrected chi connectivity index (χ0v) is 10.2. The van der Waals surface area contributed by atoms with Gasteiger partial charge in [-0.3, -0.25) is 10.1 Å². The molecule has 0 radical (unpaired) electrons. The fraction of sp³-hybridized carbons (Fsp3) is 0.455. The number of aliphatic hydroxyl groups excluding tert-OH is 2. The molecule has 0 spiro atoms. The van der Waals surface area contributed by atoms with E-state index in [1.165, 1.54) is 6.07 Å². The zero-order valence-electron chi connectivity index (χ0n) is 10.2. The highest BCUT2D eigenvalue weighted by atomic mass is 16.6. The number of benzene rings is 1. The maximum atomic E-state index is 10.9. The summed E-state index contributed by atoms with van der Waals surface area (Å²) in [6, 6.07) is 4.70. The SMILES string of the molecule is CNc1c(N(CCO)CCO)cccc1[N+](=O)[O-]. The molecule has 1 rings (SSSR count). The van der Waals surface area contributed by atoms with Gasteiger partial charge in [0.15, 0.2) is 0 Å². The topological polar surface area (TPSA) is 98.9 Å². The van der Waals surface area contributed by atoms with Crippen LogP contribution in [0.3, 0.4) is 0 Å². The molecule has 0 aliphatic rings. The molecule has 0 bridgehead atoms. The van der Waals surface area contributed by atoms with E-state index >= 15 is 0 Å². The fourth-order valence-electron chi connectivity index (χ4n) is 1.79. The molecule has 0 aliphatic heterocycles. The van der Waals surface area contributed by atoms with Gasteiger partial charge in [-0.2, -0.15) is 0 Å². The second-order valence-corrected chi connectivity index (χ2v) is 3.61. The number of nitrogens with one attached hydrogen (secondary N) is 1. The van der Waals surface area contributed by atoms with Crippen LogP contribution in [0.4, 0.5) is 17.1 Å². The Morgan fingerprint density at radius 2 is 1.94 bits per heavy atom. The molecule has 1 aromatic carbocycles. The largest absolute Gasteiger partial charge is 0.395 e. The van der Waals surface area contributed by atoms with Gasteiger partial charge in [-0.1, -0.05) is 6.07 Å². The van der Waals surface area contributed by atoms with Crippen LogP contribution in [0, 0.1) is 10.1 Å². The highest BCUT2D eigenvalue weighted by Crippen LogP contribution is 2.34. The Morgan fingerprint density at radius 3 is 2.39 bits per heavy atom. The van der Waals surface area contributed by atoms with Crippen LogP contribution in [-0.4, -0.2) is 48.5 Å². The molecule has 0 aromatic heterocycles. The molecule has 1 aromatic rings. The third kappa shape index (κ3) is 3.08. The minimum Gasteiger partial charge on any atom is -0.395 e. The number of nitrogens with zero attached hydrogens (tertiary/aromatic N) is 2. The van der Waals surface area contributed by atoms with Crippen LogP contribution in [0.2, 0.25) is 0 Å². The molecule has 18 heavy (non-hydrogen) atoms. The van der Waals surface area contributed by atoms with E-state index in [4.69, 9.17) is 10.2 Å².